The number of nitrogens with zero attached hydrogens (tertiary/aromatic N) is 2. The van der Waals surface area contributed by atoms with Crippen molar-refractivity contribution in [1.82, 2.24) is 4.90 Å². The standard InChI is InChI=1S/C14H18N2O3/c17-11-13-2-1-8-15(10-13)9-7-12-3-5-14(6-4-12)16(18)19/h3-6,11,13H,1-2,7-10H2. The Labute approximate surface area is 112 Å². The molecule has 0 bridgehead atoms. The fourth-order valence-electron chi connectivity index (χ4n) is 2.48. The molecule has 5 nitrogen and oxygen atoms in total. The quantitative estimate of drug-likeness (QED) is 0.463. The van der Waals surface area contributed by atoms with Crippen molar-refractivity contribution in [1.29, 1.82) is 0 Å². The minimum Gasteiger partial charge on any atom is -0.303 e. The third-order valence-corrected chi connectivity index (χ3v) is 3.60. The summed E-state index contributed by atoms with van der Waals surface area (Å²) in [4.78, 5) is 23.3. The zero-order valence-corrected chi connectivity index (χ0v) is 10.8. The highest BCUT2D eigenvalue weighted by Gasteiger charge is 2.18. The van der Waals surface area contributed by atoms with Crippen molar-refractivity contribution >= 4 is 12.0 Å². The maximum absolute atomic E-state index is 10.8. The minimum absolute atomic E-state index is 0.128. The molecule has 1 aliphatic heterocycles. The van der Waals surface area contributed by atoms with E-state index < -0.39 is 0 Å². The van der Waals surface area contributed by atoms with Gasteiger partial charge in [-0.2, -0.15) is 0 Å². The van der Waals surface area contributed by atoms with Crippen LogP contribution in [-0.2, 0) is 11.2 Å². The van der Waals surface area contributed by atoms with Crippen molar-refractivity contribution in [3.8, 4) is 0 Å². The first-order chi connectivity index (χ1) is 9.19. The van der Waals surface area contributed by atoms with Crippen molar-refractivity contribution < 1.29 is 9.72 Å². The summed E-state index contributed by atoms with van der Waals surface area (Å²) < 4.78 is 0. The maximum atomic E-state index is 10.8. The Balaban J connectivity index is 1.84. The highest BCUT2D eigenvalue weighted by atomic mass is 16.6. The number of carbonyl (C=O) groups is 1. The lowest BCUT2D eigenvalue weighted by atomic mass is 9.99. The smallest absolute Gasteiger partial charge is 0.269 e. The van der Waals surface area contributed by atoms with Crippen molar-refractivity contribution in [3.05, 3.63) is 39.9 Å². The van der Waals surface area contributed by atoms with Crippen LogP contribution in [0.1, 0.15) is 18.4 Å². The molecule has 19 heavy (non-hydrogen) atoms. The lowest BCUT2D eigenvalue weighted by Crippen LogP contribution is -2.37. The topological polar surface area (TPSA) is 63.5 Å². The van der Waals surface area contributed by atoms with E-state index in [0.717, 1.165) is 50.7 Å². The van der Waals surface area contributed by atoms with Gasteiger partial charge in [0.1, 0.15) is 6.29 Å². The average molecular weight is 262 g/mol. The number of hydrogen-bond donors (Lipinski definition) is 0. The number of non-ortho nitro benzene ring substituents is 1. The lowest BCUT2D eigenvalue weighted by Gasteiger charge is -2.29. The molecular formula is C14H18N2O3. The van der Waals surface area contributed by atoms with Crippen LogP contribution in [0.4, 0.5) is 5.69 Å². The fourth-order valence-corrected chi connectivity index (χ4v) is 2.48. The summed E-state index contributed by atoms with van der Waals surface area (Å²) >= 11 is 0. The number of carbonyl (C=O) groups excluding carboxylic acids is 1. The van der Waals surface area contributed by atoms with E-state index in [1.807, 2.05) is 0 Å². The number of hydrogen-bond acceptors (Lipinski definition) is 4. The second-order valence-corrected chi connectivity index (χ2v) is 5.01. The monoisotopic (exact) mass is 262 g/mol. The zero-order chi connectivity index (χ0) is 13.7. The molecule has 1 fully saturated rings. The lowest BCUT2D eigenvalue weighted by molar-refractivity contribution is -0.384. The Kier molecular flexibility index (Phi) is 4.63. The normalized spacial score (nSPS) is 20.1. The molecule has 1 heterocycles. The minimum atomic E-state index is -0.386. The van der Waals surface area contributed by atoms with E-state index in [9.17, 15) is 14.9 Å². The first-order valence-electron chi connectivity index (χ1n) is 6.60. The Hall–Kier alpha value is -1.75. The molecule has 0 N–H and O–H groups in total. The van der Waals surface area contributed by atoms with E-state index in [-0.39, 0.29) is 16.5 Å². The molecule has 1 aliphatic rings. The third-order valence-electron chi connectivity index (χ3n) is 3.60. The van der Waals surface area contributed by atoms with Crippen LogP contribution in [0.5, 0.6) is 0 Å². The fraction of sp³-hybridized carbons (Fsp3) is 0.500. The van der Waals surface area contributed by atoms with Gasteiger partial charge < -0.3 is 9.69 Å². The number of piperidine rings is 1. The molecule has 2 rings (SSSR count). The molecule has 0 amide bonds. The summed E-state index contributed by atoms with van der Waals surface area (Å²) in [5, 5.41) is 10.6. The van der Waals surface area contributed by atoms with E-state index in [1.165, 1.54) is 0 Å². The van der Waals surface area contributed by atoms with Gasteiger partial charge in [-0.3, -0.25) is 10.1 Å². The van der Waals surface area contributed by atoms with Crippen molar-refractivity contribution in [2.75, 3.05) is 19.6 Å². The van der Waals surface area contributed by atoms with Crippen molar-refractivity contribution in [2.24, 2.45) is 5.92 Å². The van der Waals surface area contributed by atoms with E-state index in [2.05, 4.69) is 4.90 Å². The predicted octanol–water partition coefficient (Wildman–Crippen LogP) is 2.05. The summed E-state index contributed by atoms with van der Waals surface area (Å²) in [7, 11) is 0. The van der Waals surface area contributed by atoms with Gasteiger partial charge in [0.2, 0.25) is 0 Å². The molecular weight excluding hydrogens is 244 g/mol. The molecule has 1 saturated heterocycles. The largest absolute Gasteiger partial charge is 0.303 e. The van der Waals surface area contributed by atoms with E-state index in [4.69, 9.17) is 0 Å². The van der Waals surface area contributed by atoms with Crippen LogP contribution in [-0.4, -0.2) is 35.7 Å². The number of nitro groups is 1. The molecule has 0 aromatic heterocycles. The van der Waals surface area contributed by atoms with Gasteiger partial charge in [0.05, 0.1) is 4.92 Å². The molecule has 1 aromatic carbocycles. The summed E-state index contributed by atoms with van der Waals surface area (Å²) in [6.07, 6.45) is 3.99. The molecule has 0 radical (unpaired) electrons. The Morgan fingerprint density at radius 1 is 1.37 bits per heavy atom. The zero-order valence-electron chi connectivity index (χ0n) is 10.8. The molecule has 1 unspecified atom stereocenters. The van der Waals surface area contributed by atoms with Gasteiger partial charge in [-0.05, 0) is 31.4 Å². The summed E-state index contributed by atoms with van der Waals surface area (Å²) in [5.41, 5.74) is 1.22. The molecule has 1 aromatic rings. The van der Waals surface area contributed by atoms with Crippen molar-refractivity contribution in [2.45, 2.75) is 19.3 Å². The SMILES string of the molecule is O=CC1CCCN(CCc2ccc([N+](=O)[O-])cc2)C1. The van der Waals surface area contributed by atoms with Gasteiger partial charge in [-0.1, -0.05) is 12.1 Å². The first-order valence-corrected chi connectivity index (χ1v) is 6.60. The van der Waals surface area contributed by atoms with Crippen LogP contribution < -0.4 is 0 Å². The van der Waals surface area contributed by atoms with Crippen LogP contribution in [0, 0.1) is 16.0 Å². The van der Waals surface area contributed by atoms with E-state index in [0.29, 0.717) is 0 Å². The molecule has 0 saturated carbocycles. The third kappa shape index (κ3) is 3.86. The van der Waals surface area contributed by atoms with Crippen LogP contribution in [0.15, 0.2) is 24.3 Å². The van der Waals surface area contributed by atoms with Gasteiger partial charge in [-0.25, -0.2) is 0 Å². The van der Waals surface area contributed by atoms with Gasteiger partial charge in [-0.15, -0.1) is 0 Å². The van der Waals surface area contributed by atoms with Crippen LogP contribution in [0.3, 0.4) is 0 Å². The van der Waals surface area contributed by atoms with Crippen LogP contribution in [0.2, 0.25) is 0 Å². The molecule has 0 aliphatic carbocycles. The highest BCUT2D eigenvalue weighted by Crippen LogP contribution is 2.16. The number of likely N-dealkylation sites (tertiary alicyclic amines) is 1. The van der Waals surface area contributed by atoms with Gasteiger partial charge >= 0.3 is 0 Å². The summed E-state index contributed by atoms with van der Waals surface area (Å²) in [5.74, 6) is 0.172. The number of benzene rings is 1. The number of nitro benzene ring substituents is 1. The highest BCUT2D eigenvalue weighted by molar-refractivity contribution is 5.53. The molecule has 0 spiro atoms. The first kappa shape index (κ1) is 13.7. The van der Waals surface area contributed by atoms with Gasteiger partial charge in [0, 0.05) is 31.1 Å². The Bertz CT molecular complexity index is 445. The Morgan fingerprint density at radius 2 is 2.11 bits per heavy atom. The van der Waals surface area contributed by atoms with E-state index in [1.54, 1.807) is 24.3 Å². The maximum Gasteiger partial charge on any atom is 0.269 e. The Morgan fingerprint density at radius 3 is 2.74 bits per heavy atom. The van der Waals surface area contributed by atoms with Gasteiger partial charge in [0.25, 0.3) is 5.69 Å². The van der Waals surface area contributed by atoms with Crippen molar-refractivity contribution in [3.63, 3.8) is 0 Å². The molecule has 102 valence electrons. The van der Waals surface area contributed by atoms with E-state index >= 15 is 0 Å². The summed E-state index contributed by atoms with van der Waals surface area (Å²) in [6, 6.07) is 6.69. The number of rotatable bonds is 5. The molecule has 1 atom stereocenters. The van der Waals surface area contributed by atoms with Gasteiger partial charge in [0.15, 0.2) is 0 Å². The molecule has 5 heteroatoms. The van der Waals surface area contributed by atoms with Crippen LogP contribution in [0.25, 0.3) is 0 Å². The number of aldehydes is 1. The summed E-state index contributed by atoms with van der Waals surface area (Å²) in [6.45, 7) is 2.79. The average Bonchev–Trinajstić information content (AvgIpc) is 2.46. The second-order valence-electron chi connectivity index (χ2n) is 5.01. The predicted molar refractivity (Wildman–Crippen MR) is 72.0 cm³/mol. The van der Waals surface area contributed by atoms with Crippen LogP contribution >= 0.6 is 0 Å². The second kappa shape index (κ2) is 6.43.